The molecule has 0 aromatic carbocycles. The summed E-state index contributed by atoms with van der Waals surface area (Å²) in [4.78, 5) is 3.99. The summed E-state index contributed by atoms with van der Waals surface area (Å²) in [6.45, 7) is 7.49. The smallest absolute Gasteiger partial charge is 0.0594 e. The first kappa shape index (κ1) is 11.1. The Balaban J connectivity index is 1.68. The first-order valence-corrected chi connectivity index (χ1v) is 6.57. The molecule has 0 N–H and O–H groups in total. The van der Waals surface area contributed by atoms with Gasteiger partial charge in [0.25, 0.3) is 0 Å². The van der Waals surface area contributed by atoms with E-state index >= 15 is 0 Å². The molecule has 0 atom stereocenters. The van der Waals surface area contributed by atoms with Gasteiger partial charge in [0.15, 0.2) is 0 Å². The lowest BCUT2D eigenvalue weighted by Gasteiger charge is -2.26. The van der Waals surface area contributed by atoms with Crippen LogP contribution in [0.3, 0.4) is 0 Å². The van der Waals surface area contributed by atoms with E-state index in [1.165, 1.54) is 29.8 Å². The van der Waals surface area contributed by atoms with Gasteiger partial charge in [-0.2, -0.15) is 0 Å². The Bertz CT molecular complexity index is 292. The third-order valence-corrected chi connectivity index (χ3v) is 3.88. The molecule has 84 valence electrons. The van der Waals surface area contributed by atoms with Crippen molar-refractivity contribution in [2.45, 2.75) is 19.8 Å². The van der Waals surface area contributed by atoms with E-state index in [1.54, 1.807) is 0 Å². The molecule has 1 aromatic rings. The minimum Gasteiger partial charge on any atom is -0.379 e. The van der Waals surface area contributed by atoms with Gasteiger partial charge >= 0.3 is 0 Å². The van der Waals surface area contributed by atoms with Gasteiger partial charge in [-0.3, -0.25) is 4.90 Å². The van der Waals surface area contributed by atoms with E-state index in [1.807, 2.05) is 11.3 Å². The van der Waals surface area contributed by atoms with Crippen LogP contribution < -0.4 is 0 Å². The third-order valence-electron chi connectivity index (χ3n) is 2.99. The van der Waals surface area contributed by atoms with Crippen LogP contribution in [-0.2, 0) is 11.2 Å². The lowest BCUT2D eigenvalue weighted by atomic mass is 10.1. The van der Waals surface area contributed by atoms with Gasteiger partial charge in [-0.25, -0.2) is 0 Å². The number of morpholine rings is 1. The summed E-state index contributed by atoms with van der Waals surface area (Å²) in [5, 5.41) is 2.19. The summed E-state index contributed by atoms with van der Waals surface area (Å²) in [6.07, 6.45) is 2.50. The summed E-state index contributed by atoms with van der Waals surface area (Å²) < 4.78 is 5.33. The van der Waals surface area contributed by atoms with Crippen LogP contribution in [0.5, 0.6) is 0 Å². The van der Waals surface area contributed by atoms with Crippen LogP contribution in [0.1, 0.15) is 16.9 Å². The highest BCUT2D eigenvalue weighted by Crippen LogP contribution is 2.16. The van der Waals surface area contributed by atoms with Crippen LogP contribution in [0.15, 0.2) is 11.4 Å². The molecule has 0 radical (unpaired) electrons. The number of hydrogen-bond acceptors (Lipinski definition) is 3. The molecule has 3 heteroatoms. The van der Waals surface area contributed by atoms with Crippen LogP contribution in [-0.4, -0.2) is 37.7 Å². The topological polar surface area (TPSA) is 12.5 Å². The van der Waals surface area contributed by atoms with Gasteiger partial charge in [-0.05, 0) is 43.3 Å². The highest BCUT2D eigenvalue weighted by molar-refractivity contribution is 7.10. The standard InChI is InChI=1S/C12H19NOS/c1-11-12(4-10-15-11)3-2-5-13-6-8-14-9-7-13/h4,10H,2-3,5-9H2,1H3. The van der Waals surface area contributed by atoms with Gasteiger partial charge in [0.05, 0.1) is 13.2 Å². The molecule has 1 aliphatic rings. The Kier molecular flexibility index (Phi) is 4.18. The number of nitrogens with zero attached hydrogens (tertiary/aromatic N) is 1. The molecule has 0 unspecified atom stereocenters. The fourth-order valence-corrected chi connectivity index (χ4v) is 2.75. The molecule has 2 rings (SSSR count). The minimum absolute atomic E-state index is 0.914. The molecule has 1 aromatic heterocycles. The van der Waals surface area contributed by atoms with Gasteiger partial charge in [0.1, 0.15) is 0 Å². The molecule has 1 fully saturated rings. The third kappa shape index (κ3) is 3.30. The molecule has 0 saturated carbocycles. The van der Waals surface area contributed by atoms with E-state index in [0.717, 1.165) is 26.3 Å². The summed E-state index contributed by atoms with van der Waals surface area (Å²) in [5.41, 5.74) is 1.54. The SMILES string of the molecule is Cc1sccc1CCCN1CCOCC1. The Hall–Kier alpha value is -0.380. The van der Waals surface area contributed by atoms with Crippen LogP contribution in [0, 0.1) is 6.92 Å². The minimum atomic E-state index is 0.914. The maximum Gasteiger partial charge on any atom is 0.0594 e. The highest BCUT2D eigenvalue weighted by atomic mass is 32.1. The molecule has 0 spiro atoms. The lowest BCUT2D eigenvalue weighted by molar-refractivity contribution is 0.0374. The van der Waals surface area contributed by atoms with Crippen molar-refractivity contribution in [3.05, 3.63) is 21.9 Å². The summed E-state index contributed by atoms with van der Waals surface area (Å²) in [6, 6.07) is 2.26. The maximum atomic E-state index is 5.33. The van der Waals surface area contributed by atoms with Crippen molar-refractivity contribution in [1.82, 2.24) is 4.90 Å². The highest BCUT2D eigenvalue weighted by Gasteiger charge is 2.09. The molecule has 0 aliphatic carbocycles. The van der Waals surface area contributed by atoms with E-state index in [2.05, 4.69) is 23.3 Å². The molecule has 2 nitrogen and oxygen atoms in total. The Morgan fingerprint density at radius 3 is 2.87 bits per heavy atom. The average molecular weight is 225 g/mol. The van der Waals surface area contributed by atoms with Crippen molar-refractivity contribution in [2.24, 2.45) is 0 Å². The number of hydrogen-bond donors (Lipinski definition) is 0. The molecule has 0 bridgehead atoms. The predicted molar refractivity (Wildman–Crippen MR) is 64.6 cm³/mol. The zero-order chi connectivity index (χ0) is 10.5. The van der Waals surface area contributed by atoms with Crippen molar-refractivity contribution in [2.75, 3.05) is 32.8 Å². The zero-order valence-corrected chi connectivity index (χ0v) is 10.2. The fraction of sp³-hybridized carbons (Fsp3) is 0.667. The average Bonchev–Trinajstić information content (AvgIpc) is 2.66. The molecule has 1 saturated heterocycles. The molecule has 1 aliphatic heterocycles. The second kappa shape index (κ2) is 5.64. The van der Waals surface area contributed by atoms with E-state index in [-0.39, 0.29) is 0 Å². The summed E-state index contributed by atoms with van der Waals surface area (Å²) in [7, 11) is 0. The van der Waals surface area contributed by atoms with E-state index < -0.39 is 0 Å². The first-order chi connectivity index (χ1) is 7.36. The second-order valence-corrected chi connectivity index (χ2v) is 5.18. The predicted octanol–water partition coefficient (Wildman–Crippen LogP) is 2.32. The van der Waals surface area contributed by atoms with Gasteiger partial charge in [-0.15, -0.1) is 11.3 Å². The summed E-state index contributed by atoms with van der Waals surface area (Å²) in [5.74, 6) is 0. The van der Waals surface area contributed by atoms with Crippen LogP contribution in [0.2, 0.25) is 0 Å². The number of thiophene rings is 1. The summed E-state index contributed by atoms with van der Waals surface area (Å²) >= 11 is 1.86. The Morgan fingerprint density at radius 1 is 1.40 bits per heavy atom. The Morgan fingerprint density at radius 2 is 2.20 bits per heavy atom. The van der Waals surface area contributed by atoms with E-state index in [0.29, 0.717) is 0 Å². The van der Waals surface area contributed by atoms with E-state index in [9.17, 15) is 0 Å². The van der Waals surface area contributed by atoms with Crippen molar-refractivity contribution >= 4 is 11.3 Å². The van der Waals surface area contributed by atoms with E-state index in [4.69, 9.17) is 4.74 Å². The van der Waals surface area contributed by atoms with Gasteiger partial charge < -0.3 is 4.74 Å². The van der Waals surface area contributed by atoms with Gasteiger partial charge in [0.2, 0.25) is 0 Å². The van der Waals surface area contributed by atoms with Crippen molar-refractivity contribution in [3.8, 4) is 0 Å². The number of ether oxygens (including phenoxy) is 1. The fourth-order valence-electron chi connectivity index (χ4n) is 1.99. The molecular weight excluding hydrogens is 206 g/mol. The molecule has 15 heavy (non-hydrogen) atoms. The second-order valence-electron chi connectivity index (χ2n) is 4.06. The van der Waals surface area contributed by atoms with Crippen molar-refractivity contribution in [3.63, 3.8) is 0 Å². The van der Waals surface area contributed by atoms with Gasteiger partial charge in [0, 0.05) is 18.0 Å². The van der Waals surface area contributed by atoms with Crippen LogP contribution in [0.25, 0.3) is 0 Å². The monoisotopic (exact) mass is 225 g/mol. The largest absolute Gasteiger partial charge is 0.379 e. The normalized spacial score (nSPS) is 18.2. The van der Waals surface area contributed by atoms with Crippen molar-refractivity contribution < 1.29 is 4.74 Å². The van der Waals surface area contributed by atoms with Crippen LogP contribution in [0.4, 0.5) is 0 Å². The zero-order valence-electron chi connectivity index (χ0n) is 9.37. The van der Waals surface area contributed by atoms with Crippen LogP contribution >= 0.6 is 11.3 Å². The maximum absolute atomic E-state index is 5.33. The number of aryl methyl sites for hydroxylation is 2. The molecule has 0 amide bonds. The first-order valence-electron chi connectivity index (χ1n) is 5.69. The number of rotatable bonds is 4. The quantitative estimate of drug-likeness (QED) is 0.780. The Labute approximate surface area is 95.9 Å². The lowest BCUT2D eigenvalue weighted by Crippen LogP contribution is -2.36. The van der Waals surface area contributed by atoms with Crippen molar-refractivity contribution in [1.29, 1.82) is 0 Å². The van der Waals surface area contributed by atoms with Gasteiger partial charge in [-0.1, -0.05) is 0 Å². The molecular formula is C12H19NOS. The molecule has 2 heterocycles.